The molecule has 0 aromatic carbocycles. The molecule has 0 radical (unpaired) electrons. The van der Waals surface area contributed by atoms with Gasteiger partial charge < -0.3 is 15.7 Å². The highest BCUT2D eigenvalue weighted by Crippen LogP contribution is 2.24. The number of aromatic nitrogens is 3. The van der Waals surface area contributed by atoms with Crippen LogP contribution in [0.3, 0.4) is 0 Å². The molecule has 2 amide bonds. The summed E-state index contributed by atoms with van der Waals surface area (Å²) in [7, 11) is 0. The predicted molar refractivity (Wildman–Crippen MR) is 91.2 cm³/mol. The molecule has 128 valence electrons. The van der Waals surface area contributed by atoms with Gasteiger partial charge in [0.1, 0.15) is 0 Å². The molecule has 24 heavy (non-hydrogen) atoms. The number of hydrogen-bond acceptors (Lipinski definition) is 4. The Balaban J connectivity index is 1.56. The van der Waals surface area contributed by atoms with Crippen molar-refractivity contribution in [3.8, 4) is 5.82 Å². The van der Waals surface area contributed by atoms with E-state index in [2.05, 4.69) is 20.7 Å². The van der Waals surface area contributed by atoms with Crippen molar-refractivity contribution in [3.05, 3.63) is 35.8 Å². The van der Waals surface area contributed by atoms with E-state index in [1.165, 1.54) is 0 Å². The Bertz CT molecular complexity index is 710. The SMILES string of the molecule is Cc1cc(C)n(-c2ccc(NC(=O)NC[C@@H]3CCC[C@@H]3O)cn2)n1. The van der Waals surface area contributed by atoms with Crippen molar-refractivity contribution in [3.63, 3.8) is 0 Å². The molecule has 0 bridgehead atoms. The average Bonchev–Trinajstić information content (AvgIpc) is 3.11. The third-order valence-corrected chi connectivity index (χ3v) is 4.38. The van der Waals surface area contributed by atoms with Crippen molar-refractivity contribution in [2.24, 2.45) is 5.92 Å². The number of aliphatic hydroxyl groups is 1. The maximum atomic E-state index is 11.9. The summed E-state index contributed by atoms with van der Waals surface area (Å²) < 4.78 is 1.76. The Kier molecular flexibility index (Phi) is 4.80. The molecule has 3 N–H and O–H groups in total. The van der Waals surface area contributed by atoms with Gasteiger partial charge in [0.25, 0.3) is 0 Å². The second-order valence-corrected chi connectivity index (χ2v) is 6.34. The van der Waals surface area contributed by atoms with E-state index in [0.717, 1.165) is 30.7 Å². The zero-order valence-corrected chi connectivity index (χ0v) is 14.0. The third kappa shape index (κ3) is 3.73. The van der Waals surface area contributed by atoms with Gasteiger partial charge in [-0.05, 0) is 44.9 Å². The van der Waals surface area contributed by atoms with Gasteiger partial charge in [-0.2, -0.15) is 5.10 Å². The number of amides is 2. The molecule has 2 aromatic rings. The second kappa shape index (κ2) is 7.00. The van der Waals surface area contributed by atoms with Crippen molar-refractivity contribution in [1.82, 2.24) is 20.1 Å². The molecule has 1 saturated carbocycles. The lowest BCUT2D eigenvalue weighted by atomic mass is 10.1. The average molecular weight is 329 g/mol. The van der Waals surface area contributed by atoms with Crippen LogP contribution >= 0.6 is 0 Å². The van der Waals surface area contributed by atoms with E-state index in [4.69, 9.17) is 0 Å². The van der Waals surface area contributed by atoms with Crippen LogP contribution in [0.15, 0.2) is 24.4 Å². The normalized spacial score (nSPS) is 20.1. The van der Waals surface area contributed by atoms with Crippen LogP contribution in [0.1, 0.15) is 30.7 Å². The summed E-state index contributed by atoms with van der Waals surface area (Å²) in [6.45, 7) is 4.40. The minimum atomic E-state index is -0.299. The smallest absolute Gasteiger partial charge is 0.319 e. The second-order valence-electron chi connectivity index (χ2n) is 6.34. The van der Waals surface area contributed by atoms with Crippen molar-refractivity contribution in [2.45, 2.75) is 39.2 Å². The molecule has 1 aliphatic rings. The first-order chi connectivity index (χ1) is 11.5. The maximum Gasteiger partial charge on any atom is 0.319 e. The molecule has 2 heterocycles. The highest BCUT2D eigenvalue weighted by Gasteiger charge is 2.25. The molecule has 0 aliphatic heterocycles. The van der Waals surface area contributed by atoms with E-state index in [-0.39, 0.29) is 18.1 Å². The molecular weight excluding hydrogens is 306 g/mol. The van der Waals surface area contributed by atoms with E-state index in [1.807, 2.05) is 26.0 Å². The van der Waals surface area contributed by atoms with E-state index >= 15 is 0 Å². The van der Waals surface area contributed by atoms with Gasteiger partial charge in [0.2, 0.25) is 0 Å². The Labute approximate surface area is 141 Å². The van der Waals surface area contributed by atoms with Crippen LogP contribution in [0, 0.1) is 19.8 Å². The summed E-state index contributed by atoms with van der Waals surface area (Å²) in [5, 5.41) is 19.7. The molecule has 2 aromatic heterocycles. The number of carbonyl (C=O) groups is 1. The minimum Gasteiger partial charge on any atom is -0.393 e. The first kappa shape index (κ1) is 16.4. The van der Waals surface area contributed by atoms with Crippen LogP contribution in [-0.2, 0) is 0 Å². The van der Waals surface area contributed by atoms with Gasteiger partial charge >= 0.3 is 6.03 Å². The van der Waals surface area contributed by atoms with Gasteiger partial charge in [-0.3, -0.25) is 0 Å². The van der Waals surface area contributed by atoms with E-state index < -0.39 is 0 Å². The molecule has 0 saturated heterocycles. The highest BCUT2D eigenvalue weighted by molar-refractivity contribution is 5.89. The Morgan fingerprint density at radius 1 is 1.38 bits per heavy atom. The van der Waals surface area contributed by atoms with Crippen LogP contribution < -0.4 is 10.6 Å². The summed E-state index contributed by atoms with van der Waals surface area (Å²) in [6.07, 6.45) is 4.11. The van der Waals surface area contributed by atoms with Crippen molar-refractivity contribution < 1.29 is 9.90 Å². The van der Waals surface area contributed by atoms with E-state index in [1.54, 1.807) is 16.9 Å². The minimum absolute atomic E-state index is 0.155. The molecule has 0 spiro atoms. The van der Waals surface area contributed by atoms with Crippen molar-refractivity contribution >= 4 is 11.7 Å². The highest BCUT2D eigenvalue weighted by atomic mass is 16.3. The predicted octanol–water partition coefficient (Wildman–Crippen LogP) is 2.17. The number of urea groups is 1. The number of nitrogens with zero attached hydrogens (tertiary/aromatic N) is 3. The Hall–Kier alpha value is -2.41. The first-order valence-corrected chi connectivity index (χ1v) is 8.25. The fourth-order valence-corrected chi connectivity index (χ4v) is 3.10. The van der Waals surface area contributed by atoms with Gasteiger partial charge in [0.15, 0.2) is 5.82 Å². The zero-order valence-electron chi connectivity index (χ0n) is 14.0. The summed E-state index contributed by atoms with van der Waals surface area (Å²) in [5.74, 6) is 0.864. The number of hydrogen-bond donors (Lipinski definition) is 3. The molecule has 1 fully saturated rings. The van der Waals surface area contributed by atoms with Crippen LogP contribution in [0.4, 0.5) is 10.5 Å². The third-order valence-electron chi connectivity index (χ3n) is 4.38. The van der Waals surface area contributed by atoms with E-state index in [9.17, 15) is 9.90 Å². The molecule has 2 atom stereocenters. The summed E-state index contributed by atoms with van der Waals surface area (Å²) in [5.41, 5.74) is 2.56. The topological polar surface area (TPSA) is 92.1 Å². The van der Waals surface area contributed by atoms with Gasteiger partial charge in [-0.1, -0.05) is 6.42 Å². The van der Waals surface area contributed by atoms with Gasteiger partial charge in [-0.15, -0.1) is 0 Å². The van der Waals surface area contributed by atoms with E-state index in [0.29, 0.717) is 18.1 Å². The number of aryl methyl sites for hydroxylation is 2. The molecule has 7 nitrogen and oxygen atoms in total. The van der Waals surface area contributed by atoms with Gasteiger partial charge in [0.05, 0.1) is 23.7 Å². The number of anilines is 1. The lowest BCUT2D eigenvalue weighted by Gasteiger charge is -2.15. The standard InChI is InChI=1S/C17H23N5O2/c1-11-8-12(2)22(21-11)16-7-6-14(10-18-16)20-17(24)19-9-13-4-3-5-15(13)23/h6-8,10,13,15,23H,3-5,9H2,1-2H3,(H2,19,20,24)/t13-,15-/m0/s1. The summed E-state index contributed by atoms with van der Waals surface area (Å²) >= 11 is 0. The van der Waals surface area contributed by atoms with Crippen LogP contribution in [-0.4, -0.2) is 38.6 Å². The van der Waals surface area contributed by atoms with Crippen LogP contribution in [0.25, 0.3) is 5.82 Å². The molecule has 1 aliphatic carbocycles. The number of pyridine rings is 1. The van der Waals surface area contributed by atoms with Gasteiger partial charge in [0, 0.05) is 18.2 Å². The summed E-state index contributed by atoms with van der Waals surface area (Å²) in [6, 6.07) is 5.31. The fraction of sp³-hybridized carbons (Fsp3) is 0.471. The number of carbonyl (C=O) groups excluding carboxylic acids is 1. The molecule has 3 rings (SSSR count). The molecule has 0 unspecified atom stereocenters. The Morgan fingerprint density at radius 3 is 2.79 bits per heavy atom. The number of nitrogens with one attached hydrogen (secondary N) is 2. The lowest BCUT2D eigenvalue weighted by molar-refractivity contribution is 0.133. The fourth-order valence-electron chi connectivity index (χ4n) is 3.10. The Morgan fingerprint density at radius 2 is 2.21 bits per heavy atom. The van der Waals surface area contributed by atoms with Gasteiger partial charge in [-0.25, -0.2) is 14.5 Å². The maximum absolute atomic E-state index is 11.9. The lowest BCUT2D eigenvalue weighted by Crippen LogP contribution is -2.35. The number of aliphatic hydroxyl groups excluding tert-OH is 1. The quantitative estimate of drug-likeness (QED) is 0.801. The molecule has 7 heteroatoms. The first-order valence-electron chi connectivity index (χ1n) is 8.25. The van der Waals surface area contributed by atoms with Crippen molar-refractivity contribution in [1.29, 1.82) is 0 Å². The van der Waals surface area contributed by atoms with Crippen molar-refractivity contribution in [2.75, 3.05) is 11.9 Å². The number of rotatable bonds is 4. The molecular formula is C17H23N5O2. The zero-order chi connectivity index (χ0) is 17.1. The van der Waals surface area contributed by atoms with Crippen LogP contribution in [0.2, 0.25) is 0 Å². The van der Waals surface area contributed by atoms with Crippen LogP contribution in [0.5, 0.6) is 0 Å². The summed E-state index contributed by atoms with van der Waals surface area (Å²) in [4.78, 5) is 16.3. The largest absolute Gasteiger partial charge is 0.393 e. The monoisotopic (exact) mass is 329 g/mol.